The van der Waals surface area contributed by atoms with Crippen molar-refractivity contribution in [2.75, 3.05) is 11.1 Å². The van der Waals surface area contributed by atoms with Crippen LogP contribution in [0.5, 0.6) is 0 Å². The second-order valence-corrected chi connectivity index (χ2v) is 9.76. The zero-order valence-corrected chi connectivity index (χ0v) is 21.8. The van der Waals surface area contributed by atoms with Crippen LogP contribution in [0.1, 0.15) is 52.8 Å². The van der Waals surface area contributed by atoms with Crippen molar-refractivity contribution in [2.24, 2.45) is 0 Å². The highest BCUT2D eigenvalue weighted by Crippen LogP contribution is 2.26. The van der Waals surface area contributed by atoms with E-state index >= 15 is 0 Å². The van der Waals surface area contributed by atoms with Gasteiger partial charge in [-0.1, -0.05) is 45.4 Å². The Kier molecular flexibility index (Phi) is 8.31. The summed E-state index contributed by atoms with van der Waals surface area (Å²) in [5, 5.41) is 15.2. The van der Waals surface area contributed by atoms with Gasteiger partial charge in [0.15, 0.2) is 11.0 Å². The van der Waals surface area contributed by atoms with Crippen LogP contribution in [0.15, 0.2) is 46.0 Å². The molecule has 0 saturated heterocycles. The van der Waals surface area contributed by atoms with Crippen molar-refractivity contribution < 1.29 is 9.59 Å². The Hall–Kier alpha value is -2.65. The molecule has 0 spiro atoms. The first-order valence-electron chi connectivity index (χ1n) is 10.7. The van der Waals surface area contributed by atoms with Crippen LogP contribution in [0.3, 0.4) is 0 Å². The maximum atomic E-state index is 12.6. The maximum Gasteiger partial charge on any atom is 0.251 e. The van der Waals surface area contributed by atoms with Gasteiger partial charge in [-0.05, 0) is 70.0 Å². The van der Waals surface area contributed by atoms with Gasteiger partial charge in [-0.25, -0.2) is 0 Å². The third kappa shape index (κ3) is 6.23. The first-order chi connectivity index (χ1) is 15.7. The molecule has 174 valence electrons. The average molecular weight is 530 g/mol. The number of benzene rings is 2. The first kappa shape index (κ1) is 25.0. The molecule has 3 rings (SSSR count). The van der Waals surface area contributed by atoms with E-state index in [2.05, 4.69) is 36.8 Å². The summed E-state index contributed by atoms with van der Waals surface area (Å²) < 4.78 is 2.91. The van der Waals surface area contributed by atoms with Crippen molar-refractivity contribution in [1.29, 1.82) is 0 Å². The van der Waals surface area contributed by atoms with Crippen LogP contribution in [0.25, 0.3) is 0 Å². The SMILES string of the molecule is CCn1c(SCC(=O)Nc2c(C)cc(Br)cc2C)nnc1C(C)NC(=O)c1ccc(C)cc1. The quantitative estimate of drug-likeness (QED) is 0.391. The van der Waals surface area contributed by atoms with Gasteiger partial charge >= 0.3 is 0 Å². The third-order valence-corrected chi connectivity index (χ3v) is 6.63. The van der Waals surface area contributed by atoms with E-state index in [-0.39, 0.29) is 23.6 Å². The summed E-state index contributed by atoms with van der Waals surface area (Å²) in [7, 11) is 0. The lowest BCUT2D eigenvalue weighted by Gasteiger charge is -2.15. The molecule has 0 bridgehead atoms. The number of amides is 2. The third-order valence-electron chi connectivity index (χ3n) is 5.20. The molecule has 0 radical (unpaired) electrons. The van der Waals surface area contributed by atoms with E-state index in [0.29, 0.717) is 23.1 Å². The van der Waals surface area contributed by atoms with Gasteiger partial charge in [0.1, 0.15) is 0 Å². The molecule has 2 aromatic carbocycles. The Morgan fingerprint density at radius 1 is 1.09 bits per heavy atom. The number of aromatic nitrogens is 3. The van der Waals surface area contributed by atoms with Crippen molar-refractivity contribution in [2.45, 2.75) is 52.4 Å². The van der Waals surface area contributed by atoms with Gasteiger partial charge in [-0.2, -0.15) is 0 Å². The van der Waals surface area contributed by atoms with Gasteiger partial charge in [-0.15, -0.1) is 10.2 Å². The normalized spacial score (nSPS) is 11.8. The molecule has 3 aromatic rings. The Labute approximate surface area is 206 Å². The summed E-state index contributed by atoms with van der Waals surface area (Å²) in [4.78, 5) is 25.2. The highest BCUT2D eigenvalue weighted by molar-refractivity contribution is 9.10. The lowest BCUT2D eigenvalue weighted by molar-refractivity contribution is -0.113. The fraction of sp³-hybridized carbons (Fsp3) is 0.333. The lowest BCUT2D eigenvalue weighted by Crippen LogP contribution is -2.28. The fourth-order valence-electron chi connectivity index (χ4n) is 3.49. The topological polar surface area (TPSA) is 88.9 Å². The molecular weight excluding hydrogens is 502 g/mol. The minimum Gasteiger partial charge on any atom is -0.342 e. The standard InChI is InChI=1S/C24H28BrN5O2S/c1-6-30-22(17(5)26-23(32)18-9-7-14(2)8-10-18)28-29-24(30)33-13-20(31)27-21-15(3)11-19(25)12-16(21)4/h7-12,17H,6,13H2,1-5H3,(H,26,32)(H,27,31). The average Bonchev–Trinajstić information content (AvgIpc) is 3.18. The minimum absolute atomic E-state index is 0.110. The van der Waals surface area contributed by atoms with E-state index in [9.17, 15) is 9.59 Å². The van der Waals surface area contributed by atoms with Crippen molar-refractivity contribution in [3.63, 3.8) is 0 Å². The van der Waals surface area contributed by atoms with Crippen LogP contribution in [0.2, 0.25) is 0 Å². The Balaban J connectivity index is 1.64. The molecular formula is C24H28BrN5O2S. The van der Waals surface area contributed by atoms with Crippen LogP contribution < -0.4 is 10.6 Å². The number of rotatable bonds is 8. The van der Waals surface area contributed by atoms with Crippen molar-refractivity contribution >= 4 is 45.2 Å². The highest BCUT2D eigenvalue weighted by Gasteiger charge is 2.20. The highest BCUT2D eigenvalue weighted by atomic mass is 79.9. The number of thioether (sulfide) groups is 1. The monoisotopic (exact) mass is 529 g/mol. The number of nitrogens with zero attached hydrogens (tertiary/aromatic N) is 3. The fourth-order valence-corrected chi connectivity index (χ4v) is 4.98. The van der Waals surface area contributed by atoms with Gasteiger partial charge in [0.05, 0.1) is 11.8 Å². The second kappa shape index (κ2) is 11.0. The zero-order chi connectivity index (χ0) is 24.1. The molecule has 0 fully saturated rings. The number of hydrogen-bond donors (Lipinski definition) is 2. The first-order valence-corrected chi connectivity index (χ1v) is 12.5. The smallest absolute Gasteiger partial charge is 0.251 e. The van der Waals surface area contributed by atoms with Crippen molar-refractivity contribution in [3.05, 3.63) is 68.9 Å². The zero-order valence-electron chi connectivity index (χ0n) is 19.4. The van der Waals surface area contributed by atoms with E-state index in [1.165, 1.54) is 11.8 Å². The molecule has 33 heavy (non-hydrogen) atoms. The second-order valence-electron chi connectivity index (χ2n) is 7.90. The summed E-state index contributed by atoms with van der Waals surface area (Å²) >= 11 is 4.80. The summed E-state index contributed by atoms with van der Waals surface area (Å²) in [5.74, 6) is 0.584. The Bertz CT molecular complexity index is 1140. The van der Waals surface area contributed by atoms with Gasteiger partial charge in [0.2, 0.25) is 5.91 Å². The van der Waals surface area contributed by atoms with Crippen molar-refractivity contribution in [1.82, 2.24) is 20.1 Å². The number of halogens is 1. The van der Waals surface area contributed by atoms with E-state index < -0.39 is 0 Å². The summed E-state index contributed by atoms with van der Waals surface area (Å²) in [6.07, 6.45) is 0. The lowest BCUT2D eigenvalue weighted by atomic mass is 10.1. The summed E-state index contributed by atoms with van der Waals surface area (Å²) in [6.45, 7) is 10.4. The molecule has 1 heterocycles. The summed E-state index contributed by atoms with van der Waals surface area (Å²) in [5.41, 5.74) is 4.52. The number of carbonyl (C=O) groups excluding carboxylic acids is 2. The van der Waals surface area contributed by atoms with Crippen LogP contribution >= 0.6 is 27.7 Å². The van der Waals surface area contributed by atoms with E-state index in [0.717, 1.165) is 26.9 Å². The predicted molar refractivity (Wildman–Crippen MR) is 136 cm³/mol. The molecule has 0 aliphatic carbocycles. The maximum absolute atomic E-state index is 12.6. The molecule has 1 atom stereocenters. The van der Waals surface area contributed by atoms with Crippen LogP contribution in [0.4, 0.5) is 5.69 Å². The number of carbonyl (C=O) groups is 2. The van der Waals surface area contributed by atoms with Crippen LogP contribution in [-0.2, 0) is 11.3 Å². The van der Waals surface area contributed by atoms with Gasteiger partial charge in [-0.3, -0.25) is 9.59 Å². The molecule has 1 unspecified atom stereocenters. The molecule has 9 heteroatoms. The largest absolute Gasteiger partial charge is 0.342 e. The number of aryl methyl sites for hydroxylation is 3. The Morgan fingerprint density at radius 3 is 2.33 bits per heavy atom. The van der Waals surface area contributed by atoms with E-state index in [1.807, 2.05) is 63.5 Å². The molecule has 7 nitrogen and oxygen atoms in total. The molecule has 0 aliphatic heterocycles. The molecule has 0 aliphatic rings. The Morgan fingerprint density at radius 2 is 1.73 bits per heavy atom. The van der Waals surface area contributed by atoms with E-state index in [4.69, 9.17) is 0 Å². The molecule has 2 N–H and O–H groups in total. The van der Waals surface area contributed by atoms with Crippen LogP contribution in [0, 0.1) is 20.8 Å². The predicted octanol–water partition coefficient (Wildman–Crippen LogP) is 5.21. The number of hydrogen-bond acceptors (Lipinski definition) is 5. The van der Waals surface area contributed by atoms with E-state index in [1.54, 1.807) is 12.1 Å². The number of anilines is 1. The van der Waals surface area contributed by atoms with Gasteiger partial charge in [0, 0.05) is 22.3 Å². The number of nitrogens with one attached hydrogen (secondary N) is 2. The van der Waals surface area contributed by atoms with Crippen LogP contribution in [-0.4, -0.2) is 32.3 Å². The molecule has 2 amide bonds. The molecule has 1 aromatic heterocycles. The van der Waals surface area contributed by atoms with Crippen molar-refractivity contribution in [3.8, 4) is 0 Å². The summed E-state index contributed by atoms with van der Waals surface area (Å²) in [6, 6.07) is 11.0. The van der Waals surface area contributed by atoms with Gasteiger partial charge in [0.25, 0.3) is 5.91 Å². The molecule has 0 saturated carbocycles. The van der Waals surface area contributed by atoms with Gasteiger partial charge < -0.3 is 15.2 Å². The minimum atomic E-state index is -0.331.